The average Bonchev–Trinajstić information content (AvgIpc) is 2.48. The van der Waals surface area contributed by atoms with E-state index in [2.05, 4.69) is 0 Å². The van der Waals surface area contributed by atoms with Crippen LogP contribution in [-0.4, -0.2) is 24.0 Å². The lowest BCUT2D eigenvalue weighted by Gasteiger charge is -2.20. The minimum atomic E-state index is -1.11. The van der Waals surface area contributed by atoms with Crippen LogP contribution in [0.2, 0.25) is 10.0 Å². The van der Waals surface area contributed by atoms with Gasteiger partial charge in [0.15, 0.2) is 0 Å². The SMILES string of the molecule is CN(C(=O)c1cc(Cl)ccc1Cl)c1ccccc1C(=O)O. The Morgan fingerprint density at radius 2 is 1.71 bits per heavy atom. The summed E-state index contributed by atoms with van der Waals surface area (Å²) < 4.78 is 0. The second-order valence-corrected chi connectivity index (χ2v) is 5.15. The number of para-hydroxylation sites is 1. The van der Waals surface area contributed by atoms with Crippen LogP contribution in [0.5, 0.6) is 0 Å². The summed E-state index contributed by atoms with van der Waals surface area (Å²) >= 11 is 11.9. The van der Waals surface area contributed by atoms with Crippen molar-refractivity contribution < 1.29 is 14.7 Å². The van der Waals surface area contributed by atoms with E-state index < -0.39 is 11.9 Å². The van der Waals surface area contributed by atoms with Gasteiger partial charge in [0, 0.05) is 12.1 Å². The number of amides is 1. The zero-order valence-corrected chi connectivity index (χ0v) is 12.5. The molecule has 108 valence electrons. The van der Waals surface area contributed by atoms with E-state index >= 15 is 0 Å². The van der Waals surface area contributed by atoms with Crippen molar-refractivity contribution in [2.45, 2.75) is 0 Å². The van der Waals surface area contributed by atoms with E-state index in [0.29, 0.717) is 5.02 Å². The van der Waals surface area contributed by atoms with Crippen molar-refractivity contribution in [2.75, 3.05) is 11.9 Å². The van der Waals surface area contributed by atoms with E-state index in [1.54, 1.807) is 24.3 Å². The molecule has 4 nitrogen and oxygen atoms in total. The summed E-state index contributed by atoms with van der Waals surface area (Å²) in [4.78, 5) is 24.9. The predicted octanol–water partition coefficient (Wildman–Crippen LogP) is 3.97. The summed E-state index contributed by atoms with van der Waals surface area (Å²) in [5, 5.41) is 9.81. The second-order valence-electron chi connectivity index (χ2n) is 4.31. The number of halogens is 2. The third kappa shape index (κ3) is 3.17. The molecule has 0 aliphatic heterocycles. The van der Waals surface area contributed by atoms with Gasteiger partial charge in [0.05, 0.1) is 21.8 Å². The number of carboxylic acids is 1. The molecule has 1 N–H and O–H groups in total. The Morgan fingerprint density at radius 3 is 2.38 bits per heavy atom. The van der Waals surface area contributed by atoms with E-state index in [1.165, 1.54) is 30.1 Å². The number of benzene rings is 2. The number of aromatic carboxylic acids is 1. The number of carbonyl (C=O) groups is 2. The molecule has 0 saturated heterocycles. The molecule has 2 aromatic rings. The van der Waals surface area contributed by atoms with E-state index in [0.717, 1.165) is 0 Å². The van der Waals surface area contributed by atoms with Crippen molar-refractivity contribution in [3.05, 3.63) is 63.6 Å². The Bertz CT molecular complexity index is 716. The lowest BCUT2D eigenvalue weighted by Crippen LogP contribution is -2.28. The van der Waals surface area contributed by atoms with Gasteiger partial charge in [-0.05, 0) is 30.3 Å². The molecule has 0 aliphatic rings. The van der Waals surface area contributed by atoms with Gasteiger partial charge in [-0.3, -0.25) is 4.79 Å². The minimum Gasteiger partial charge on any atom is -0.478 e. The van der Waals surface area contributed by atoms with Gasteiger partial charge >= 0.3 is 5.97 Å². The van der Waals surface area contributed by atoms with Gasteiger partial charge in [0.2, 0.25) is 0 Å². The molecule has 2 aromatic carbocycles. The maximum absolute atomic E-state index is 12.5. The van der Waals surface area contributed by atoms with Crippen LogP contribution in [0.15, 0.2) is 42.5 Å². The number of hydrogen-bond acceptors (Lipinski definition) is 2. The summed E-state index contributed by atoms with van der Waals surface area (Å²) in [6, 6.07) is 10.8. The van der Waals surface area contributed by atoms with E-state index in [-0.39, 0.29) is 21.8 Å². The minimum absolute atomic E-state index is 0.0338. The first-order chi connectivity index (χ1) is 9.91. The Hall–Kier alpha value is -2.04. The number of carboxylic acid groups (broad SMARTS) is 1. The summed E-state index contributed by atoms with van der Waals surface area (Å²) in [6.45, 7) is 0. The van der Waals surface area contributed by atoms with Crippen molar-refractivity contribution in [3.63, 3.8) is 0 Å². The summed E-state index contributed by atoms with van der Waals surface area (Å²) in [5.74, 6) is -1.54. The van der Waals surface area contributed by atoms with Gasteiger partial charge in [0.25, 0.3) is 5.91 Å². The zero-order chi connectivity index (χ0) is 15.6. The lowest BCUT2D eigenvalue weighted by atomic mass is 10.1. The largest absolute Gasteiger partial charge is 0.478 e. The van der Waals surface area contributed by atoms with Gasteiger partial charge in [-0.25, -0.2) is 4.79 Å². The molecule has 0 bridgehead atoms. The van der Waals surface area contributed by atoms with Crippen molar-refractivity contribution in [1.29, 1.82) is 0 Å². The summed E-state index contributed by atoms with van der Waals surface area (Å²) in [5.41, 5.74) is 0.532. The fourth-order valence-electron chi connectivity index (χ4n) is 1.90. The zero-order valence-electron chi connectivity index (χ0n) is 11.0. The molecule has 0 saturated carbocycles. The number of nitrogens with zero attached hydrogens (tertiary/aromatic N) is 1. The van der Waals surface area contributed by atoms with E-state index in [4.69, 9.17) is 23.2 Å². The molecule has 21 heavy (non-hydrogen) atoms. The first kappa shape index (κ1) is 15.4. The van der Waals surface area contributed by atoms with E-state index in [1.807, 2.05) is 0 Å². The maximum atomic E-state index is 12.5. The molecule has 0 fully saturated rings. The normalized spacial score (nSPS) is 10.2. The highest BCUT2D eigenvalue weighted by Crippen LogP contribution is 2.26. The Labute approximate surface area is 131 Å². The van der Waals surface area contributed by atoms with Crippen molar-refractivity contribution in [1.82, 2.24) is 0 Å². The summed E-state index contributed by atoms with van der Waals surface area (Å²) in [6.07, 6.45) is 0. The number of hydrogen-bond donors (Lipinski definition) is 1. The first-order valence-corrected chi connectivity index (χ1v) is 6.73. The molecule has 0 spiro atoms. The van der Waals surface area contributed by atoms with Gasteiger partial charge in [-0.15, -0.1) is 0 Å². The highest BCUT2D eigenvalue weighted by atomic mass is 35.5. The van der Waals surface area contributed by atoms with Crippen LogP contribution in [0.25, 0.3) is 0 Å². The van der Waals surface area contributed by atoms with Gasteiger partial charge in [-0.1, -0.05) is 35.3 Å². The van der Waals surface area contributed by atoms with Gasteiger partial charge in [0.1, 0.15) is 0 Å². The molecule has 6 heteroatoms. The quantitative estimate of drug-likeness (QED) is 0.929. The van der Waals surface area contributed by atoms with Crippen LogP contribution in [0.3, 0.4) is 0 Å². The molecule has 0 aliphatic carbocycles. The molecule has 0 radical (unpaired) electrons. The van der Waals surface area contributed by atoms with E-state index in [9.17, 15) is 14.7 Å². The highest BCUT2D eigenvalue weighted by molar-refractivity contribution is 6.36. The van der Waals surface area contributed by atoms with Crippen LogP contribution in [-0.2, 0) is 0 Å². The van der Waals surface area contributed by atoms with Crippen LogP contribution in [0, 0.1) is 0 Å². The van der Waals surface area contributed by atoms with Crippen molar-refractivity contribution >= 4 is 40.8 Å². The van der Waals surface area contributed by atoms with Crippen molar-refractivity contribution in [3.8, 4) is 0 Å². The Kier molecular flexibility index (Phi) is 4.50. The maximum Gasteiger partial charge on any atom is 0.337 e. The fourth-order valence-corrected chi connectivity index (χ4v) is 2.27. The van der Waals surface area contributed by atoms with Crippen LogP contribution in [0.4, 0.5) is 5.69 Å². The van der Waals surface area contributed by atoms with Crippen molar-refractivity contribution in [2.24, 2.45) is 0 Å². The van der Waals surface area contributed by atoms with Gasteiger partial charge in [-0.2, -0.15) is 0 Å². The smallest absolute Gasteiger partial charge is 0.337 e. The molecular formula is C15H11Cl2NO3. The second kappa shape index (κ2) is 6.16. The monoisotopic (exact) mass is 323 g/mol. The third-order valence-electron chi connectivity index (χ3n) is 2.96. The molecule has 2 rings (SSSR count). The van der Waals surface area contributed by atoms with Gasteiger partial charge < -0.3 is 10.0 Å². The number of anilines is 1. The lowest BCUT2D eigenvalue weighted by molar-refractivity contribution is 0.0697. The Balaban J connectivity index is 2.45. The molecule has 0 atom stereocenters. The molecule has 0 unspecified atom stereocenters. The average molecular weight is 324 g/mol. The fraction of sp³-hybridized carbons (Fsp3) is 0.0667. The van der Waals surface area contributed by atoms with Crippen LogP contribution < -0.4 is 4.90 Å². The number of rotatable bonds is 3. The third-order valence-corrected chi connectivity index (χ3v) is 3.52. The number of carbonyl (C=O) groups excluding carboxylic acids is 1. The predicted molar refractivity (Wildman–Crippen MR) is 82.6 cm³/mol. The molecule has 0 heterocycles. The molecule has 1 amide bonds. The Morgan fingerprint density at radius 1 is 1.05 bits per heavy atom. The highest BCUT2D eigenvalue weighted by Gasteiger charge is 2.21. The standard InChI is InChI=1S/C15H11Cl2NO3/c1-18(13-5-3-2-4-10(13)15(20)21)14(19)11-8-9(16)6-7-12(11)17/h2-8H,1H3,(H,20,21). The summed E-state index contributed by atoms with van der Waals surface area (Å²) in [7, 11) is 1.49. The van der Waals surface area contributed by atoms with Crippen LogP contribution >= 0.6 is 23.2 Å². The van der Waals surface area contributed by atoms with Crippen LogP contribution in [0.1, 0.15) is 20.7 Å². The topological polar surface area (TPSA) is 57.6 Å². The molecular weight excluding hydrogens is 313 g/mol. The molecule has 0 aromatic heterocycles. The first-order valence-electron chi connectivity index (χ1n) is 5.97.